The van der Waals surface area contributed by atoms with Gasteiger partial charge in [-0.25, -0.2) is 0 Å². The van der Waals surface area contributed by atoms with Crippen molar-refractivity contribution in [2.45, 2.75) is 46.5 Å². The van der Waals surface area contributed by atoms with Gasteiger partial charge in [0.2, 0.25) is 0 Å². The molecule has 0 fully saturated rings. The van der Waals surface area contributed by atoms with Gasteiger partial charge in [0.05, 0.1) is 5.69 Å². The second-order valence-corrected chi connectivity index (χ2v) is 6.79. The fourth-order valence-electron chi connectivity index (χ4n) is 1.54. The monoisotopic (exact) mass is 241 g/mol. The average molecular weight is 241 g/mol. The Morgan fingerprint density at radius 2 is 2.06 bits per heavy atom. The van der Waals surface area contributed by atoms with Crippen molar-refractivity contribution in [1.29, 1.82) is 0 Å². The van der Waals surface area contributed by atoms with E-state index in [0.29, 0.717) is 0 Å². The Bertz CT molecular complexity index is 312. The van der Waals surface area contributed by atoms with Gasteiger partial charge in [-0.15, -0.1) is 0 Å². The molecule has 0 atom stereocenters. The summed E-state index contributed by atoms with van der Waals surface area (Å²) >= 11 is 2.00. The van der Waals surface area contributed by atoms with Crippen molar-refractivity contribution in [2.75, 3.05) is 11.5 Å². The van der Waals surface area contributed by atoms with E-state index in [-0.39, 0.29) is 5.41 Å². The number of thioether (sulfide) groups is 1. The summed E-state index contributed by atoms with van der Waals surface area (Å²) in [7, 11) is 0. The van der Waals surface area contributed by atoms with E-state index in [4.69, 9.17) is 4.52 Å². The van der Waals surface area contributed by atoms with Gasteiger partial charge in [-0.1, -0.05) is 39.8 Å². The van der Waals surface area contributed by atoms with Crippen LogP contribution in [0.2, 0.25) is 0 Å². The predicted octanol–water partition coefficient (Wildman–Crippen LogP) is 3.90. The van der Waals surface area contributed by atoms with Crippen molar-refractivity contribution in [2.24, 2.45) is 5.92 Å². The van der Waals surface area contributed by atoms with E-state index >= 15 is 0 Å². The summed E-state index contributed by atoms with van der Waals surface area (Å²) in [6, 6.07) is 0. The minimum absolute atomic E-state index is 0.137. The molecule has 0 saturated heterocycles. The van der Waals surface area contributed by atoms with Crippen LogP contribution in [0.15, 0.2) is 10.8 Å². The summed E-state index contributed by atoms with van der Waals surface area (Å²) in [5.41, 5.74) is 2.51. The Balaban J connectivity index is 2.46. The number of aryl methyl sites for hydroxylation is 1. The smallest absolute Gasteiger partial charge is 0.127 e. The Hall–Kier alpha value is -0.440. The molecular weight excluding hydrogens is 218 g/mol. The minimum atomic E-state index is 0.137. The Morgan fingerprint density at radius 1 is 1.38 bits per heavy atom. The van der Waals surface area contributed by atoms with Crippen molar-refractivity contribution < 1.29 is 4.52 Å². The highest BCUT2D eigenvalue weighted by Crippen LogP contribution is 2.26. The zero-order valence-electron chi connectivity index (χ0n) is 11.0. The SMILES string of the molecule is CC(C)CSCCc1nocc1C(C)(C)C. The maximum absolute atomic E-state index is 5.09. The normalized spacial score (nSPS) is 12.4. The summed E-state index contributed by atoms with van der Waals surface area (Å²) in [4.78, 5) is 0. The molecule has 1 aromatic rings. The lowest BCUT2D eigenvalue weighted by Gasteiger charge is -2.17. The second-order valence-electron chi connectivity index (χ2n) is 5.64. The van der Waals surface area contributed by atoms with Gasteiger partial charge >= 0.3 is 0 Å². The third-order valence-electron chi connectivity index (χ3n) is 2.39. The highest BCUT2D eigenvalue weighted by Gasteiger charge is 2.20. The zero-order chi connectivity index (χ0) is 12.2. The average Bonchev–Trinajstić information content (AvgIpc) is 2.59. The molecule has 0 amide bonds. The van der Waals surface area contributed by atoms with Gasteiger partial charge < -0.3 is 4.52 Å². The molecule has 0 aliphatic carbocycles. The maximum Gasteiger partial charge on any atom is 0.127 e. The first kappa shape index (κ1) is 13.6. The molecule has 0 N–H and O–H groups in total. The van der Waals surface area contributed by atoms with Crippen LogP contribution < -0.4 is 0 Å². The first-order valence-electron chi connectivity index (χ1n) is 5.92. The molecular formula is C13H23NOS. The molecule has 92 valence electrons. The highest BCUT2D eigenvalue weighted by atomic mass is 32.2. The van der Waals surface area contributed by atoms with E-state index in [2.05, 4.69) is 39.8 Å². The van der Waals surface area contributed by atoms with Crippen molar-refractivity contribution in [3.8, 4) is 0 Å². The van der Waals surface area contributed by atoms with Crippen LogP contribution in [0.3, 0.4) is 0 Å². The van der Waals surface area contributed by atoms with Gasteiger partial charge in [0.15, 0.2) is 0 Å². The Labute approximate surface area is 103 Å². The van der Waals surface area contributed by atoms with Gasteiger partial charge in [-0.3, -0.25) is 0 Å². The molecule has 0 spiro atoms. The largest absolute Gasteiger partial charge is 0.364 e. The van der Waals surface area contributed by atoms with Gasteiger partial charge in [0.1, 0.15) is 6.26 Å². The van der Waals surface area contributed by atoms with E-state index in [1.165, 1.54) is 11.3 Å². The first-order chi connectivity index (χ1) is 7.41. The fraction of sp³-hybridized carbons (Fsp3) is 0.769. The minimum Gasteiger partial charge on any atom is -0.364 e. The van der Waals surface area contributed by atoms with Gasteiger partial charge in [0, 0.05) is 12.0 Å². The van der Waals surface area contributed by atoms with Crippen LogP contribution in [-0.4, -0.2) is 16.7 Å². The summed E-state index contributed by atoms with van der Waals surface area (Å²) in [6.45, 7) is 11.1. The standard InChI is InChI=1S/C13H23NOS/c1-10(2)9-16-7-6-12-11(8-15-14-12)13(3,4)5/h8,10H,6-7,9H2,1-5H3. The lowest BCUT2D eigenvalue weighted by Crippen LogP contribution is -2.13. The van der Waals surface area contributed by atoms with Crippen LogP contribution in [0, 0.1) is 5.92 Å². The molecule has 1 aromatic heterocycles. The first-order valence-corrected chi connectivity index (χ1v) is 7.08. The number of aromatic nitrogens is 1. The molecule has 3 heteroatoms. The van der Waals surface area contributed by atoms with E-state index in [1.807, 2.05) is 11.8 Å². The summed E-state index contributed by atoms with van der Waals surface area (Å²) < 4.78 is 5.09. The molecule has 0 saturated carbocycles. The second kappa shape index (κ2) is 5.76. The van der Waals surface area contributed by atoms with Crippen LogP contribution in [-0.2, 0) is 11.8 Å². The molecule has 0 aliphatic heterocycles. The van der Waals surface area contributed by atoms with Crippen molar-refractivity contribution in [1.82, 2.24) is 5.16 Å². The topological polar surface area (TPSA) is 26.0 Å². The molecule has 1 rings (SSSR count). The van der Waals surface area contributed by atoms with Crippen LogP contribution in [0.4, 0.5) is 0 Å². The van der Waals surface area contributed by atoms with Gasteiger partial charge in [-0.05, 0) is 22.8 Å². The Morgan fingerprint density at radius 3 is 2.62 bits per heavy atom. The van der Waals surface area contributed by atoms with Crippen molar-refractivity contribution in [3.05, 3.63) is 17.5 Å². The molecule has 0 aromatic carbocycles. The molecule has 0 unspecified atom stereocenters. The fourth-order valence-corrected chi connectivity index (χ4v) is 2.51. The Kier molecular flexibility index (Phi) is 4.90. The van der Waals surface area contributed by atoms with Crippen LogP contribution in [0.25, 0.3) is 0 Å². The predicted molar refractivity (Wildman–Crippen MR) is 71.1 cm³/mol. The number of nitrogens with zero attached hydrogens (tertiary/aromatic N) is 1. The molecule has 16 heavy (non-hydrogen) atoms. The number of rotatable bonds is 5. The molecule has 0 aliphatic rings. The van der Waals surface area contributed by atoms with Crippen molar-refractivity contribution >= 4 is 11.8 Å². The quantitative estimate of drug-likeness (QED) is 0.731. The number of hydrogen-bond donors (Lipinski definition) is 0. The molecule has 2 nitrogen and oxygen atoms in total. The molecule has 0 radical (unpaired) electrons. The van der Waals surface area contributed by atoms with Crippen LogP contribution >= 0.6 is 11.8 Å². The van der Waals surface area contributed by atoms with Crippen LogP contribution in [0.1, 0.15) is 45.9 Å². The summed E-state index contributed by atoms with van der Waals surface area (Å²) in [5.74, 6) is 3.13. The highest BCUT2D eigenvalue weighted by molar-refractivity contribution is 7.99. The number of hydrogen-bond acceptors (Lipinski definition) is 3. The van der Waals surface area contributed by atoms with E-state index in [0.717, 1.165) is 23.8 Å². The molecule has 0 bridgehead atoms. The summed E-state index contributed by atoms with van der Waals surface area (Å²) in [5, 5.41) is 4.11. The van der Waals surface area contributed by atoms with E-state index in [9.17, 15) is 0 Å². The lowest BCUT2D eigenvalue weighted by atomic mass is 9.87. The van der Waals surface area contributed by atoms with Gasteiger partial charge in [-0.2, -0.15) is 11.8 Å². The molecule has 1 heterocycles. The summed E-state index contributed by atoms with van der Waals surface area (Å²) in [6.07, 6.45) is 2.81. The zero-order valence-corrected chi connectivity index (χ0v) is 11.9. The van der Waals surface area contributed by atoms with Crippen molar-refractivity contribution in [3.63, 3.8) is 0 Å². The van der Waals surface area contributed by atoms with E-state index < -0.39 is 0 Å². The lowest BCUT2D eigenvalue weighted by molar-refractivity contribution is 0.410. The van der Waals surface area contributed by atoms with E-state index in [1.54, 1.807) is 6.26 Å². The third kappa shape index (κ3) is 4.20. The third-order valence-corrected chi connectivity index (χ3v) is 3.78. The maximum atomic E-state index is 5.09. The van der Waals surface area contributed by atoms with Gasteiger partial charge in [0.25, 0.3) is 0 Å². The van der Waals surface area contributed by atoms with Crippen LogP contribution in [0.5, 0.6) is 0 Å².